The highest BCUT2D eigenvalue weighted by atomic mass is 19.4. The third-order valence-corrected chi connectivity index (χ3v) is 2.06. The van der Waals surface area contributed by atoms with E-state index < -0.39 is 24.6 Å². The lowest BCUT2D eigenvalue weighted by atomic mass is 10.2. The molecule has 2 N–H and O–H groups in total. The summed E-state index contributed by atoms with van der Waals surface area (Å²) >= 11 is 0. The minimum atomic E-state index is -4.62. The fourth-order valence-corrected chi connectivity index (χ4v) is 1.17. The molecule has 0 radical (unpaired) electrons. The molecule has 3 nitrogen and oxygen atoms in total. The van der Waals surface area contributed by atoms with Gasteiger partial charge >= 0.3 is 6.18 Å². The number of hydrogen-bond acceptors (Lipinski definition) is 3. The van der Waals surface area contributed by atoms with E-state index in [0.29, 0.717) is 0 Å². The van der Waals surface area contributed by atoms with Crippen molar-refractivity contribution >= 4 is 0 Å². The topological polar surface area (TPSA) is 35.5 Å². The lowest BCUT2D eigenvalue weighted by Crippen LogP contribution is -2.56. The van der Waals surface area contributed by atoms with Gasteiger partial charge in [-0.05, 0) is 14.0 Å². The number of β-amino-alcohol motifs (C(OH)–C–C–N with tert-alkyl or cyclic N) is 1. The second-order valence-corrected chi connectivity index (χ2v) is 3.09. The van der Waals surface area contributed by atoms with Crippen molar-refractivity contribution in [3.63, 3.8) is 0 Å². The first-order valence-corrected chi connectivity index (χ1v) is 3.53. The summed E-state index contributed by atoms with van der Waals surface area (Å²) in [7, 11) is 1.52. The van der Waals surface area contributed by atoms with Crippen molar-refractivity contribution in [3.05, 3.63) is 0 Å². The number of nitrogens with one attached hydrogen (secondary N) is 1. The Kier molecular flexibility index (Phi) is 2.10. The van der Waals surface area contributed by atoms with Gasteiger partial charge in [-0.3, -0.25) is 10.2 Å². The van der Waals surface area contributed by atoms with Crippen LogP contribution in [-0.4, -0.2) is 41.7 Å². The van der Waals surface area contributed by atoms with Crippen molar-refractivity contribution in [2.45, 2.75) is 25.0 Å². The highest BCUT2D eigenvalue weighted by Gasteiger charge is 2.58. The van der Waals surface area contributed by atoms with Gasteiger partial charge in [0.05, 0.1) is 12.7 Å². The van der Waals surface area contributed by atoms with Crippen LogP contribution < -0.4 is 5.32 Å². The molecule has 0 aromatic carbocycles. The highest BCUT2D eigenvalue weighted by Crippen LogP contribution is 2.32. The van der Waals surface area contributed by atoms with E-state index in [4.69, 9.17) is 5.11 Å². The molecule has 1 aliphatic rings. The van der Waals surface area contributed by atoms with E-state index in [1.54, 1.807) is 6.92 Å². The van der Waals surface area contributed by atoms with Gasteiger partial charge in [0, 0.05) is 0 Å². The molecule has 0 amide bonds. The van der Waals surface area contributed by atoms with Gasteiger partial charge in [-0.25, -0.2) is 0 Å². The Morgan fingerprint density at radius 1 is 1.58 bits per heavy atom. The minimum Gasteiger partial charge on any atom is -0.367 e. The fraction of sp³-hybridized carbons (Fsp3) is 1.00. The van der Waals surface area contributed by atoms with Crippen LogP contribution >= 0.6 is 0 Å². The molecule has 72 valence electrons. The van der Waals surface area contributed by atoms with Crippen LogP contribution in [0.1, 0.15) is 6.92 Å². The maximum atomic E-state index is 12.2. The van der Waals surface area contributed by atoms with Crippen molar-refractivity contribution < 1.29 is 18.3 Å². The maximum Gasteiger partial charge on any atom is 0.432 e. The van der Waals surface area contributed by atoms with Crippen LogP contribution in [0.25, 0.3) is 0 Å². The molecule has 0 bridgehead atoms. The molecule has 12 heavy (non-hydrogen) atoms. The zero-order valence-corrected chi connectivity index (χ0v) is 6.81. The highest BCUT2D eigenvalue weighted by molar-refractivity contribution is 4.94. The number of nitrogens with zero attached hydrogens (tertiary/aromatic N) is 1. The maximum absolute atomic E-state index is 12.2. The van der Waals surface area contributed by atoms with Crippen LogP contribution in [0.15, 0.2) is 0 Å². The van der Waals surface area contributed by atoms with Crippen molar-refractivity contribution in [3.8, 4) is 0 Å². The van der Waals surface area contributed by atoms with Gasteiger partial charge in [0.25, 0.3) is 0 Å². The first kappa shape index (κ1) is 9.76. The molecule has 0 aromatic rings. The third kappa shape index (κ3) is 1.41. The monoisotopic (exact) mass is 184 g/mol. The fourth-order valence-electron chi connectivity index (χ4n) is 1.17. The van der Waals surface area contributed by atoms with Crippen molar-refractivity contribution in [1.82, 2.24) is 10.2 Å². The van der Waals surface area contributed by atoms with Gasteiger partial charge in [-0.2, -0.15) is 13.2 Å². The Morgan fingerprint density at radius 2 is 2.08 bits per heavy atom. The van der Waals surface area contributed by atoms with E-state index in [1.807, 2.05) is 0 Å². The summed E-state index contributed by atoms with van der Waals surface area (Å²) in [6.45, 7) is 1.13. The summed E-state index contributed by atoms with van der Waals surface area (Å²) < 4.78 is 36.5. The normalized spacial score (nSPS) is 39.0. The van der Waals surface area contributed by atoms with Crippen LogP contribution in [0.2, 0.25) is 0 Å². The molecule has 0 aromatic heterocycles. The molecule has 1 heterocycles. The van der Waals surface area contributed by atoms with Gasteiger partial charge in [-0.1, -0.05) is 0 Å². The smallest absolute Gasteiger partial charge is 0.367 e. The standard InChI is InChI=1S/C6H11F3N2O/c1-4-10-5(12,3-11(4)2)6(7,8)9/h4,10,12H,3H2,1-2H3. The van der Waals surface area contributed by atoms with Crippen molar-refractivity contribution in [2.24, 2.45) is 0 Å². The Balaban J connectivity index is 2.77. The number of aliphatic hydroxyl groups is 1. The second-order valence-electron chi connectivity index (χ2n) is 3.09. The molecule has 1 aliphatic heterocycles. The SMILES string of the molecule is CC1NC(O)(C(F)(F)F)CN1C. The molecular weight excluding hydrogens is 173 g/mol. The van der Waals surface area contributed by atoms with Gasteiger partial charge < -0.3 is 5.11 Å². The van der Waals surface area contributed by atoms with Crippen LogP contribution in [0, 0.1) is 0 Å². The van der Waals surface area contributed by atoms with E-state index in [0.717, 1.165) is 0 Å². The van der Waals surface area contributed by atoms with Crippen LogP contribution in [0.5, 0.6) is 0 Å². The van der Waals surface area contributed by atoms with E-state index in [1.165, 1.54) is 11.9 Å². The summed E-state index contributed by atoms with van der Waals surface area (Å²) in [4.78, 5) is 1.40. The molecule has 6 heteroatoms. The molecular formula is C6H11F3N2O. The summed E-state index contributed by atoms with van der Waals surface area (Å²) in [6.07, 6.45) is -5.08. The van der Waals surface area contributed by atoms with Crippen LogP contribution in [-0.2, 0) is 0 Å². The molecule has 0 aliphatic carbocycles. The zero-order valence-electron chi connectivity index (χ0n) is 6.81. The largest absolute Gasteiger partial charge is 0.432 e. The van der Waals surface area contributed by atoms with Gasteiger partial charge in [0.2, 0.25) is 5.72 Å². The first-order valence-electron chi connectivity index (χ1n) is 3.53. The Bertz CT molecular complexity index is 172. The predicted molar refractivity (Wildman–Crippen MR) is 36.2 cm³/mol. The van der Waals surface area contributed by atoms with Crippen LogP contribution in [0.3, 0.4) is 0 Å². The van der Waals surface area contributed by atoms with Crippen molar-refractivity contribution in [1.29, 1.82) is 0 Å². The Labute approximate surface area is 68.2 Å². The lowest BCUT2D eigenvalue weighted by Gasteiger charge is -2.25. The third-order valence-electron chi connectivity index (χ3n) is 2.06. The summed E-state index contributed by atoms with van der Waals surface area (Å²) in [5.41, 5.74) is -2.75. The van der Waals surface area contributed by atoms with E-state index in [9.17, 15) is 13.2 Å². The molecule has 1 saturated heterocycles. The lowest BCUT2D eigenvalue weighted by molar-refractivity contribution is -0.263. The summed E-state index contributed by atoms with van der Waals surface area (Å²) in [5.74, 6) is 0. The van der Waals surface area contributed by atoms with E-state index in [2.05, 4.69) is 5.32 Å². The first-order chi connectivity index (χ1) is 5.26. The molecule has 1 rings (SSSR count). The number of halogens is 3. The van der Waals surface area contributed by atoms with E-state index >= 15 is 0 Å². The molecule has 0 saturated carbocycles. The van der Waals surface area contributed by atoms with Gasteiger partial charge in [0.1, 0.15) is 0 Å². The predicted octanol–water partition coefficient (Wildman–Crippen LogP) is 0.118. The average Bonchev–Trinajstić information content (AvgIpc) is 2.06. The number of hydrogen-bond donors (Lipinski definition) is 2. The van der Waals surface area contributed by atoms with Crippen LogP contribution in [0.4, 0.5) is 13.2 Å². The average molecular weight is 184 g/mol. The number of alkyl halides is 3. The Morgan fingerprint density at radius 3 is 2.25 bits per heavy atom. The molecule has 1 fully saturated rings. The van der Waals surface area contributed by atoms with Crippen molar-refractivity contribution in [2.75, 3.05) is 13.6 Å². The molecule has 2 unspecified atom stereocenters. The van der Waals surface area contributed by atoms with Gasteiger partial charge in [0.15, 0.2) is 0 Å². The zero-order chi connectivity index (χ0) is 9.57. The summed E-state index contributed by atoms with van der Waals surface area (Å²) in [6, 6.07) is 0. The second kappa shape index (κ2) is 2.58. The minimum absolute atomic E-state index is 0.433. The number of likely N-dealkylation sites (N-methyl/N-ethyl adjacent to an activating group) is 1. The van der Waals surface area contributed by atoms with E-state index in [-0.39, 0.29) is 0 Å². The quantitative estimate of drug-likeness (QED) is 0.561. The van der Waals surface area contributed by atoms with Gasteiger partial charge in [-0.15, -0.1) is 0 Å². The molecule has 2 atom stereocenters. The number of rotatable bonds is 0. The molecule has 0 spiro atoms. The summed E-state index contributed by atoms with van der Waals surface area (Å²) in [5, 5.41) is 11.2. The Hall–Kier alpha value is -0.330.